The molecule has 0 spiro atoms. The molecule has 0 radical (unpaired) electrons. The van der Waals surface area contributed by atoms with Gasteiger partial charge in [-0.3, -0.25) is 4.79 Å². The average Bonchev–Trinajstić information content (AvgIpc) is 2.43. The Labute approximate surface area is 140 Å². The monoisotopic (exact) mass is 343 g/mol. The molecule has 0 aliphatic rings. The molecule has 136 valence electrons. The van der Waals surface area contributed by atoms with E-state index >= 15 is 0 Å². The second kappa shape index (κ2) is 11.1. The predicted molar refractivity (Wildman–Crippen MR) is 86.3 cm³/mol. The summed E-state index contributed by atoms with van der Waals surface area (Å²) in [5, 5.41) is 17.2. The van der Waals surface area contributed by atoms with Gasteiger partial charge in [-0.15, -0.1) is 0 Å². The van der Waals surface area contributed by atoms with Crippen molar-refractivity contribution in [3.63, 3.8) is 0 Å². The summed E-state index contributed by atoms with van der Waals surface area (Å²) in [6, 6.07) is -1.01. The van der Waals surface area contributed by atoms with Gasteiger partial charge in [-0.25, -0.2) is 9.59 Å². The van der Waals surface area contributed by atoms with Crippen molar-refractivity contribution in [3.05, 3.63) is 10.4 Å². The van der Waals surface area contributed by atoms with E-state index in [0.29, 0.717) is 19.4 Å². The van der Waals surface area contributed by atoms with Crippen LogP contribution >= 0.6 is 0 Å². The summed E-state index contributed by atoms with van der Waals surface area (Å²) in [7, 11) is 0. The first-order valence-corrected chi connectivity index (χ1v) is 7.65. The molecule has 0 heterocycles. The molecule has 0 rings (SSSR count). The van der Waals surface area contributed by atoms with Gasteiger partial charge < -0.3 is 20.5 Å². The zero-order valence-corrected chi connectivity index (χ0v) is 14.2. The molecule has 1 atom stereocenters. The number of unbranched alkanes of at least 4 members (excludes halogenated alkanes) is 1. The summed E-state index contributed by atoms with van der Waals surface area (Å²) in [6.45, 7) is 5.61. The van der Waals surface area contributed by atoms with Crippen LogP contribution < -0.4 is 10.6 Å². The van der Waals surface area contributed by atoms with Crippen molar-refractivity contribution in [3.8, 4) is 0 Å². The molecule has 10 heteroatoms. The molecule has 0 aromatic rings. The molecule has 0 bridgehead atoms. The van der Waals surface area contributed by atoms with Crippen LogP contribution in [-0.2, 0) is 14.3 Å². The van der Waals surface area contributed by atoms with Crippen LogP contribution in [0.5, 0.6) is 0 Å². The van der Waals surface area contributed by atoms with E-state index in [1.165, 1.54) is 0 Å². The van der Waals surface area contributed by atoms with Gasteiger partial charge in [0.1, 0.15) is 11.6 Å². The minimum Gasteiger partial charge on any atom is -0.480 e. The first-order chi connectivity index (χ1) is 11.2. The average molecular weight is 343 g/mol. The number of amides is 2. The fourth-order valence-electron chi connectivity index (χ4n) is 1.70. The number of carbonyl (C=O) groups excluding carboxylic acids is 2. The lowest BCUT2D eigenvalue weighted by Gasteiger charge is -2.19. The van der Waals surface area contributed by atoms with E-state index in [1.54, 1.807) is 20.8 Å². The second-order valence-corrected chi connectivity index (χ2v) is 6.09. The SMILES string of the molecule is CC(C)(C)OC(=O)NCCCC[C@H](NC(=O)CCN=[N+]=[N-])C(=O)O. The van der Waals surface area contributed by atoms with E-state index in [1.807, 2.05) is 0 Å². The lowest BCUT2D eigenvalue weighted by Crippen LogP contribution is -2.41. The predicted octanol–water partition coefficient (Wildman–Crippen LogP) is 1.95. The van der Waals surface area contributed by atoms with Crippen LogP contribution in [-0.4, -0.2) is 47.8 Å². The number of hydrogen-bond acceptors (Lipinski definition) is 5. The summed E-state index contributed by atoms with van der Waals surface area (Å²) in [6.07, 6.45) is 0.705. The molecular weight excluding hydrogens is 318 g/mol. The third kappa shape index (κ3) is 12.1. The van der Waals surface area contributed by atoms with Crippen LogP contribution in [0, 0.1) is 0 Å². The van der Waals surface area contributed by atoms with Gasteiger partial charge in [0.05, 0.1) is 0 Å². The Kier molecular flexibility index (Phi) is 9.97. The lowest BCUT2D eigenvalue weighted by molar-refractivity contribution is -0.142. The number of nitrogens with zero attached hydrogens (tertiary/aromatic N) is 3. The molecular formula is C14H25N5O5. The maximum Gasteiger partial charge on any atom is 0.407 e. The number of hydrogen-bond donors (Lipinski definition) is 3. The summed E-state index contributed by atoms with van der Waals surface area (Å²) < 4.78 is 5.07. The van der Waals surface area contributed by atoms with E-state index in [-0.39, 0.29) is 19.4 Å². The van der Waals surface area contributed by atoms with Gasteiger partial charge in [-0.2, -0.15) is 0 Å². The summed E-state index contributed by atoms with van der Waals surface area (Å²) >= 11 is 0. The van der Waals surface area contributed by atoms with Crippen molar-refractivity contribution in [2.75, 3.05) is 13.1 Å². The number of carboxylic acid groups (broad SMARTS) is 1. The minimum absolute atomic E-state index is 0.0194. The third-order valence-electron chi connectivity index (χ3n) is 2.72. The fourth-order valence-corrected chi connectivity index (χ4v) is 1.70. The van der Waals surface area contributed by atoms with E-state index in [0.717, 1.165) is 0 Å². The van der Waals surface area contributed by atoms with Crippen molar-refractivity contribution in [1.82, 2.24) is 10.6 Å². The number of carbonyl (C=O) groups is 3. The summed E-state index contributed by atoms with van der Waals surface area (Å²) in [5.41, 5.74) is 7.54. The molecule has 2 amide bonds. The van der Waals surface area contributed by atoms with Gasteiger partial charge in [-0.1, -0.05) is 5.11 Å². The highest BCUT2D eigenvalue weighted by Crippen LogP contribution is 2.07. The number of azide groups is 1. The van der Waals surface area contributed by atoms with Gasteiger partial charge >= 0.3 is 12.1 Å². The molecule has 0 fully saturated rings. The first-order valence-electron chi connectivity index (χ1n) is 7.65. The van der Waals surface area contributed by atoms with Crippen LogP contribution in [0.3, 0.4) is 0 Å². The van der Waals surface area contributed by atoms with Gasteiger partial charge in [0.25, 0.3) is 0 Å². The smallest absolute Gasteiger partial charge is 0.407 e. The van der Waals surface area contributed by atoms with Crippen LogP contribution in [0.15, 0.2) is 5.11 Å². The van der Waals surface area contributed by atoms with Crippen LogP contribution in [0.25, 0.3) is 10.4 Å². The molecule has 0 aliphatic carbocycles. The van der Waals surface area contributed by atoms with E-state index in [4.69, 9.17) is 15.4 Å². The zero-order valence-electron chi connectivity index (χ0n) is 14.2. The van der Waals surface area contributed by atoms with Crippen molar-refractivity contribution in [2.45, 2.75) is 58.1 Å². The second-order valence-electron chi connectivity index (χ2n) is 6.09. The largest absolute Gasteiger partial charge is 0.480 e. The highest BCUT2D eigenvalue weighted by molar-refractivity contribution is 5.83. The number of rotatable bonds is 10. The number of aliphatic carboxylic acids is 1. The Morgan fingerprint density at radius 3 is 2.50 bits per heavy atom. The number of ether oxygens (including phenoxy) is 1. The lowest BCUT2D eigenvalue weighted by atomic mass is 10.1. The van der Waals surface area contributed by atoms with E-state index in [9.17, 15) is 14.4 Å². The highest BCUT2D eigenvalue weighted by Gasteiger charge is 2.19. The maximum atomic E-state index is 11.5. The quantitative estimate of drug-likeness (QED) is 0.239. The van der Waals surface area contributed by atoms with Crippen LogP contribution in [0.1, 0.15) is 46.5 Å². The normalized spacial score (nSPS) is 11.8. The highest BCUT2D eigenvalue weighted by atomic mass is 16.6. The first kappa shape index (κ1) is 21.5. The molecule has 0 aromatic heterocycles. The molecule has 0 unspecified atom stereocenters. The van der Waals surface area contributed by atoms with Crippen molar-refractivity contribution >= 4 is 18.0 Å². The fraction of sp³-hybridized carbons (Fsp3) is 0.786. The minimum atomic E-state index is -1.13. The van der Waals surface area contributed by atoms with E-state index < -0.39 is 29.6 Å². The number of alkyl carbamates (subject to hydrolysis) is 1. The van der Waals surface area contributed by atoms with Crippen LogP contribution in [0.2, 0.25) is 0 Å². The Morgan fingerprint density at radius 2 is 1.96 bits per heavy atom. The number of nitrogens with one attached hydrogen (secondary N) is 2. The van der Waals surface area contributed by atoms with Gasteiger partial charge in [0, 0.05) is 24.4 Å². The Balaban J connectivity index is 4.02. The van der Waals surface area contributed by atoms with E-state index in [2.05, 4.69) is 20.7 Å². The molecule has 10 nitrogen and oxygen atoms in total. The molecule has 0 saturated heterocycles. The summed E-state index contributed by atoms with van der Waals surface area (Å²) in [4.78, 5) is 36.5. The Bertz CT molecular complexity index is 482. The standard InChI is InChI=1S/C14H25N5O5/c1-14(2,3)24-13(23)16-8-5-4-6-10(12(21)22)18-11(20)7-9-17-19-15/h10H,4-9H2,1-3H3,(H,16,23)(H,18,20)(H,21,22)/t10-/m0/s1. The van der Waals surface area contributed by atoms with Gasteiger partial charge in [-0.05, 0) is 45.6 Å². The molecule has 0 aliphatic heterocycles. The maximum absolute atomic E-state index is 11.5. The molecule has 3 N–H and O–H groups in total. The molecule has 24 heavy (non-hydrogen) atoms. The van der Waals surface area contributed by atoms with Crippen molar-refractivity contribution < 1.29 is 24.2 Å². The Hall–Kier alpha value is -2.48. The van der Waals surface area contributed by atoms with Crippen molar-refractivity contribution in [1.29, 1.82) is 0 Å². The molecule has 0 aromatic carbocycles. The van der Waals surface area contributed by atoms with Crippen molar-refractivity contribution in [2.24, 2.45) is 5.11 Å². The van der Waals surface area contributed by atoms with Gasteiger partial charge in [0.15, 0.2) is 0 Å². The third-order valence-corrected chi connectivity index (χ3v) is 2.72. The Morgan fingerprint density at radius 1 is 1.29 bits per heavy atom. The molecule has 0 saturated carbocycles. The number of carboxylic acids is 1. The van der Waals surface area contributed by atoms with Gasteiger partial charge in [0.2, 0.25) is 5.91 Å². The summed E-state index contributed by atoms with van der Waals surface area (Å²) in [5.74, 6) is -1.62. The topological polar surface area (TPSA) is 153 Å². The van der Waals surface area contributed by atoms with Crippen LogP contribution in [0.4, 0.5) is 4.79 Å². The zero-order chi connectivity index (χ0) is 18.6.